The summed E-state index contributed by atoms with van der Waals surface area (Å²) >= 11 is 0. The van der Waals surface area contributed by atoms with Gasteiger partial charge in [-0.2, -0.15) is 13.2 Å². The highest BCUT2D eigenvalue weighted by atomic mass is 19.4. The molecule has 0 aliphatic carbocycles. The van der Waals surface area contributed by atoms with Gasteiger partial charge in [-0.3, -0.25) is 14.6 Å². The van der Waals surface area contributed by atoms with Crippen LogP contribution in [0.4, 0.5) is 13.2 Å². The van der Waals surface area contributed by atoms with Gasteiger partial charge < -0.3 is 15.0 Å². The van der Waals surface area contributed by atoms with Crippen molar-refractivity contribution >= 4 is 22.7 Å². The first-order valence-corrected chi connectivity index (χ1v) is 9.81. The Kier molecular flexibility index (Phi) is 5.68. The fourth-order valence-electron chi connectivity index (χ4n) is 3.44. The van der Waals surface area contributed by atoms with E-state index in [0.29, 0.717) is 29.9 Å². The number of alkyl halides is 3. The maximum atomic E-state index is 12.6. The molecule has 1 N–H and O–H groups in total. The molecule has 2 aromatic heterocycles. The van der Waals surface area contributed by atoms with Gasteiger partial charge in [0.1, 0.15) is 5.75 Å². The van der Waals surface area contributed by atoms with Crippen molar-refractivity contribution in [1.29, 1.82) is 0 Å². The van der Waals surface area contributed by atoms with Crippen LogP contribution >= 0.6 is 0 Å². The Morgan fingerprint density at radius 1 is 1.22 bits per heavy atom. The number of likely N-dealkylation sites (N-methyl/N-ethyl adjacent to an activating group) is 1. The highest BCUT2D eigenvalue weighted by Gasteiger charge is 2.31. The van der Waals surface area contributed by atoms with E-state index in [-0.39, 0.29) is 30.2 Å². The molecule has 1 fully saturated rings. The number of likely N-dealkylation sites (tertiary alicyclic amines) is 1. The SMILES string of the molecule is CN1C[C@@H](NC(=O)Cc2ccc3cc(Oc4ccc(C(F)(F)F)cn4)ccc3n2)CC1=O. The van der Waals surface area contributed by atoms with Crippen molar-refractivity contribution in [1.82, 2.24) is 20.2 Å². The maximum Gasteiger partial charge on any atom is 0.417 e. The van der Waals surface area contributed by atoms with E-state index in [4.69, 9.17) is 4.74 Å². The molecule has 3 aromatic rings. The fourth-order valence-corrected chi connectivity index (χ4v) is 3.44. The Bertz CT molecular complexity index is 1170. The molecule has 0 radical (unpaired) electrons. The predicted octanol–water partition coefficient (Wildman–Crippen LogP) is 3.33. The van der Waals surface area contributed by atoms with Crippen LogP contribution in [-0.4, -0.2) is 46.3 Å². The minimum atomic E-state index is -4.46. The van der Waals surface area contributed by atoms with E-state index in [1.807, 2.05) is 0 Å². The summed E-state index contributed by atoms with van der Waals surface area (Å²) in [5.41, 5.74) is 0.361. The normalized spacial score (nSPS) is 16.4. The number of hydrogen-bond acceptors (Lipinski definition) is 5. The van der Waals surface area contributed by atoms with Crippen LogP contribution in [0.15, 0.2) is 48.7 Å². The van der Waals surface area contributed by atoms with Crippen molar-refractivity contribution in [3.63, 3.8) is 0 Å². The van der Waals surface area contributed by atoms with Crippen LogP contribution in [0.5, 0.6) is 11.6 Å². The van der Waals surface area contributed by atoms with Crippen LogP contribution in [0, 0.1) is 0 Å². The van der Waals surface area contributed by atoms with Gasteiger partial charge in [0, 0.05) is 37.7 Å². The van der Waals surface area contributed by atoms with Crippen LogP contribution in [0.2, 0.25) is 0 Å². The average molecular weight is 444 g/mol. The Morgan fingerprint density at radius 3 is 2.69 bits per heavy atom. The lowest BCUT2D eigenvalue weighted by Crippen LogP contribution is -2.37. The van der Waals surface area contributed by atoms with Crippen molar-refractivity contribution in [2.24, 2.45) is 0 Å². The van der Waals surface area contributed by atoms with E-state index in [2.05, 4.69) is 15.3 Å². The summed E-state index contributed by atoms with van der Waals surface area (Å²) in [5, 5.41) is 3.58. The predicted molar refractivity (Wildman–Crippen MR) is 109 cm³/mol. The van der Waals surface area contributed by atoms with Crippen molar-refractivity contribution in [3.8, 4) is 11.6 Å². The van der Waals surface area contributed by atoms with Gasteiger partial charge in [-0.1, -0.05) is 6.07 Å². The zero-order valence-corrected chi connectivity index (χ0v) is 17.0. The van der Waals surface area contributed by atoms with E-state index in [9.17, 15) is 22.8 Å². The number of rotatable bonds is 5. The fraction of sp³-hybridized carbons (Fsp3) is 0.273. The summed E-state index contributed by atoms with van der Waals surface area (Å²) in [7, 11) is 1.70. The van der Waals surface area contributed by atoms with Gasteiger partial charge in [-0.05, 0) is 30.3 Å². The molecule has 166 valence electrons. The third kappa shape index (κ3) is 4.96. The summed E-state index contributed by atoms with van der Waals surface area (Å²) in [6.45, 7) is 0.492. The molecule has 1 saturated heterocycles. The first kappa shape index (κ1) is 21.5. The van der Waals surface area contributed by atoms with Crippen LogP contribution in [-0.2, 0) is 22.2 Å². The Morgan fingerprint density at radius 2 is 2.03 bits per heavy atom. The second-order valence-corrected chi connectivity index (χ2v) is 7.56. The molecule has 2 amide bonds. The number of hydrogen-bond donors (Lipinski definition) is 1. The number of halogens is 3. The molecule has 0 spiro atoms. The van der Waals surface area contributed by atoms with Crippen LogP contribution in [0.3, 0.4) is 0 Å². The minimum absolute atomic E-state index is 0.00338. The zero-order chi connectivity index (χ0) is 22.9. The molecule has 0 bridgehead atoms. The summed E-state index contributed by atoms with van der Waals surface area (Å²) < 4.78 is 43.4. The molecule has 0 saturated carbocycles. The molecule has 1 aliphatic rings. The molecular formula is C22H19F3N4O3. The minimum Gasteiger partial charge on any atom is -0.439 e. The van der Waals surface area contributed by atoms with Crippen LogP contribution in [0.1, 0.15) is 17.7 Å². The second-order valence-electron chi connectivity index (χ2n) is 7.56. The van der Waals surface area contributed by atoms with E-state index in [0.717, 1.165) is 23.7 Å². The van der Waals surface area contributed by atoms with Crippen molar-refractivity contribution in [2.45, 2.75) is 25.1 Å². The van der Waals surface area contributed by atoms with E-state index >= 15 is 0 Å². The molecule has 1 atom stereocenters. The Balaban J connectivity index is 1.41. The summed E-state index contributed by atoms with van der Waals surface area (Å²) in [4.78, 5) is 33.6. The number of ether oxygens (including phenoxy) is 1. The summed E-state index contributed by atoms with van der Waals surface area (Å²) in [6.07, 6.45) is -3.36. The first-order chi connectivity index (χ1) is 15.2. The molecule has 10 heteroatoms. The highest BCUT2D eigenvalue weighted by molar-refractivity contribution is 5.84. The monoisotopic (exact) mass is 444 g/mol. The van der Waals surface area contributed by atoms with Crippen LogP contribution < -0.4 is 10.1 Å². The molecule has 4 rings (SSSR count). The molecule has 0 unspecified atom stereocenters. The molecular weight excluding hydrogens is 425 g/mol. The van der Waals surface area contributed by atoms with Gasteiger partial charge in [-0.25, -0.2) is 4.98 Å². The topological polar surface area (TPSA) is 84.4 Å². The van der Waals surface area contributed by atoms with Gasteiger partial charge >= 0.3 is 6.18 Å². The van der Waals surface area contributed by atoms with Gasteiger partial charge in [0.2, 0.25) is 17.7 Å². The van der Waals surface area contributed by atoms with Gasteiger partial charge in [0.15, 0.2) is 0 Å². The Hall–Kier alpha value is -3.69. The van der Waals surface area contributed by atoms with E-state index in [1.165, 1.54) is 0 Å². The first-order valence-electron chi connectivity index (χ1n) is 9.81. The van der Waals surface area contributed by atoms with Crippen molar-refractivity contribution < 1.29 is 27.5 Å². The number of benzene rings is 1. The molecule has 1 aromatic carbocycles. The molecule has 1 aliphatic heterocycles. The van der Waals surface area contributed by atoms with Crippen LogP contribution in [0.25, 0.3) is 10.9 Å². The number of pyridine rings is 2. The third-order valence-electron chi connectivity index (χ3n) is 5.05. The van der Waals surface area contributed by atoms with Crippen molar-refractivity contribution in [3.05, 3.63) is 59.9 Å². The van der Waals surface area contributed by atoms with Gasteiger partial charge in [-0.15, -0.1) is 0 Å². The number of aromatic nitrogens is 2. The number of carbonyl (C=O) groups excluding carboxylic acids is 2. The number of fused-ring (bicyclic) bond motifs is 1. The highest BCUT2D eigenvalue weighted by Crippen LogP contribution is 2.30. The summed E-state index contributed by atoms with van der Waals surface area (Å²) in [6, 6.07) is 10.4. The number of nitrogens with zero attached hydrogens (tertiary/aromatic N) is 3. The quantitative estimate of drug-likeness (QED) is 0.653. The van der Waals surface area contributed by atoms with E-state index in [1.54, 1.807) is 42.3 Å². The smallest absolute Gasteiger partial charge is 0.417 e. The van der Waals surface area contributed by atoms with Crippen molar-refractivity contribution in [2.75, 3.05) is 13.6 Å². The lowest BCUT2D eigenvalue weighted by atomic mass is 10.1. The van der Waals surface area contributed by atoms with Gasteiger partial charge in [0.25, 0.3) is 0 Å². The number of carbonyl (C=O) groups is 2. The molecule has 3 heterocycles. The molecule has 7 nitrogen and oxygen atoms in total. The average Bonchev–Trinajstić information content (AvgIpc) is 3.04. The standard InChI is InChI=1S/C22H19F3N4O3/c1-29-12-16(10-21(29)31)28-19(30)9-15-4-2-13-8-17(5-6-18(13)27-15)32-20-7-3-14(11-26-20)22(23,24)25/h2-8,11,16H,9-10,12H2,1H3,(H,28,30)/t16-/m0/s1. The van der Waals surface area contributed by atoms with E-state index < -0.39 is 11.7 Å². The largest absolute Gasteiger partial charge is 0.439 e. The number of amides is 2. The lowest BCUT2D eigenvalue weighted by Gasteiger charge is -2.12. The molecule has 32 heavy (non-hydrogen) atoms. The number of nitrogens with one attached hydrogen (secondary N) is 1. The lowest BCUT2D eigenvalue weighted by molar-refractivity contribution is -0.137. The van der Waals surface area contributed by atoms with Gasteiger partial charge in [0.05, 0.1) is 29.2 Å². The summed E-state index contributed by atoms with van der Waals surface area (Å²) in [5.74, 6) is 0.226. The third-order valence-corrected chi connectivity index (χ3v) is 5.05. The maximum absolute atomic E-state index is 12.6. The Labute approximate surface area is 181 Å². The zero-order valence-electron chi connectivity index (χ0n) is 17.0. The second kappa shape index (κ2) is 8.45.